The predicted octanol–water partition coefficient (Wildman–Crippen LogP) is -0.724. The third kappa shape index (κ3) is 6.56. The van der Waals surface area contributed by atoms with Crippen molar-refractivity contribution in [2.75, 3.05) is 0 Å². The Kier molecular flexibility index (Phi) is 8.04. The van der Waals surface area contributed by atoms with Crippen LogP contribution in [-0.4, -0.2) is 22.1 Å². The first-order valence-corrected chi connectivity index (χ1v) is 5.39. The van der Waals surface area contributed by atoms with Crippen LogP contribution in [0.1, 0.15) is 25.7 Å². The topological polar surface area (TPSA) is 118 Å². The minimum absolute atomic E-state index is 0. The van der Waals surface area contributed by atoms with Gasteiger partial charge in [0.05, 0.1) is 0 Å². The van der Waals surface area contributed by atoms with E-state index in [4.69, 9.17) is 11.5 Å². The van der Waals surface area contributed by atoms with Crippen molar-refractivity contribution in [2.24, 2.45) is 11.5 Å². The molecule has 1 fully saturated rings. The van der Waals surface area contributed by atoms with Crippen LogP contribution in [-0.2, 0) is 21.1 Å². The van der Waals surface area contributed by atoms with Gasteiger partial charge in [0, 0.05) is 45.4 Å². The van der Waals surface area contributed by atoms with Gasteiger partial charge in [0.2, 0.25) is 0 Å². The zero-order chi connectivity index (χ0) is 12.0. The number of rotatable bonds is 0. The second-order valence-electron chi connectivity index (χ2n) is 3.91. The van der Waals surface area contributed by atoms with Crippen molar-refractivity contribution in [3.63, 3.8) is 0 Å². The fraction of sp³-hybridized carbons (Fsp3) is 0.600. The molecule has 1 saturated carbocycles. The van der Waals surface area contributed by atoms with Gasteiger partial charge in [-0.2, -0.15) is 0 Å². The molecule has 0 saturated heterocycles. The average molecular weight is 421 g/mol. The first-order chi connectivity index (χ1) is 7.59. The summed E-state index contributed by atoms with van der Waals surface area (Å²) in [7, 11) is 0. The monoisotopic (exact) mass is 421 g/mol. The number of hydrogen-bond acceptors (Lipinski definition) is 4. The first-order valence-electron chi connectivity index (χ1n) is 5.39. The van der Waals surface area contributed by atoms with Crippen LogP contribution in [0, 0.1) is 0 Å². The van der Waals surface area contributed by atoms with E-state index in [2.05, 4.69) is 4.98 Å². The summed E-state index contributed by atoms with van der Waals surface area (Å²) in [4.78, 5) is 24.7. The van der Waals surface area contributed by atoms with Gasteiger partial charge in [0.15, 0.2) is 0 Å². The maximum atomic E-state index is 10.2. The van der Waals surface area contributed by atoms with Crippen LogP contribution >= 0.6 is 0 Å². The Morgan fingerprint density at radius 3 is 1.94 bits per heavy atom. The fourth-order valence-corrected chi connectivity index (χ4v) is 1.57. The normalized spacial score (nSPS) is 22.9. The van der Waals surface area contributed by atoms with E-state index in [1.54, 1.807) is 0 Å². The molecular formula is C10H18N4O2Pt. The fourth-order valence-electron chi connectivity index (χ4n) is 1.57. The Balaban J connectivity index is 0.000000284. The van der Waals surface area contributed by atoms with E-state index in [1.165, 1.54) is 25.1 Å². The van der Waals surface area contributed by atoms with E-state index < -0.39 is 5.69 Å². The maximum Gasteiger partial charge on any atom is 0.325 e. The summed E-state index contributed by atoms with van der Waals surface area (Å²) >= 11 is 0. The Bertz CT molecular complexity index is 382. The van der Waals surface area contributed by atoms with Gasteiger partial charge in [-0.25, -0.2) is 4.79 Å². The molecule has 0 amide bonds. The van der Waals surface area contributed by atoms with Crippen LogP contribution in [0.4, 0.5) is 0 Å². The molecule has 0 radical (unpaired) electrons. The Morgan fingerprint density at radius 2 is 1.65 bits per heavy atom. The van der Waals surface area contributed by atoms with Crippen molar-refractivity contribution >= 4 is 0 Å². The van der Waals surface area contributed by atoms with E-state index in [1.807, 2.05) is 4.98 Å². The quantitative estimate of drug-likeness (QED) is 0.442. The van der Waals surface area contributed by atoms with Gasteiger partial charge in [0.1, 0.15) is 0 Å². The minimum atomic E-state index is -0.475. The molecule has 1 aliphatic rings. The van der Waals surface area contributed by atoms with Gasteiger partial charge in [-0.15, -0.1) is 0 Å². The number of aromatic nitrogens is 2. The number of hydrogen-bond donors (Lipinski definition) is 4. The number of aromatic amines is 2. The Labute approximate surface area is 113 Å². The van der Waals surface area contributed by atoms with Gasteiger partial charge >= 0.3 is 5.69 Å². The molecule has 0 unspecified atom stereocenters. The van der Waals surface area contributed by atoms with Crippen molar-refractivity contribution in [3.8, 4) is 0 Å². The molecule has 7 heteroatoms. The van der Waals surface area contributed by atoms with Gasteiger partial charge in [-0.1, -0.05) is 12.8 Å². The van der Waals surface area contributed by atoms with Crippen LogP contribution in [0.3, 0.4) is 0 Å². The summed E-state index contributed by atoms with van der Waals surface area (Å²) in [5.74, 6) is 0. The second-order valence-corrected chi connectivity index (χ2v) is 3.91. The zero-order valence-electron chi connectivity index (χ0n) is 9.43. The van der Waals surface area contributed by atoms with E-state index >= 15 is 0 Å². The molecule has 100 valence electrons. The molecule has 17 heavy (non-hydrogen) atoms. The predicted molar refractivity (Wildman–Crippen MR) is 62.1 cm³/mol. The van der Waals surface area contributed by atoms with Gasteiger partial charge < -0.3 is 16.5 Å². The van der Waals surface area contributed by atoms with E-state index in [0.29, 0.717) is 0 Å². The van der Waals surface area contributed by atoms with E-state index in [-0.39, 0.29) is 38.7 Å². The summed E-state index contributed by atoms with van der Waals surface area (Å²) in [6.45, 7) is 0. The molecule has 2 rings (SSSR count). The number of H-pyrrole nitrogens is 2. The molecule has 0 bridgehead atoms. The molecule has 1 heterocycles. The van der Waals surface area contributed by atoms with Crippen LogP contribution < -0.4 is 22.7 Å². The SMILES string of the molecule is N[C@@H]1CCCC[C@@H]1N.O=c1cc[nH]c(=O)[nH]1.[Pt]. The smallest absolute Gasteiger partial charge is 0.325 e. The van der Waals surface area contributed by atoms with E-state index in [0.717, 1.165) is 12.8 Å². The average Bonchev–Trinajstić information content (AvgIpc) is 2.23. The standard InChI is InChI=1S/C6H14N2.C4H4N2O2.Pt/c7-5-3-1-2-4-6(5)8;7-3-1-2-5-4(8)6-3;/h5-6H,1-4,7-8H2;1-2H,(H2,5,6,7,8);/t5-,6+;;. The summed E-state index contributed by atoms with van der Waals surface area (Å²) in [5, 5.41) is 0. The molecule has 1 aliphatic carbocycles. The van der Waals surface area contributed by atoms with Crippen molar-refractivity contribution in [1.29, 1.82) is 0 Å². The minimum Gasteiger partial charge on any atom is -0.326 e. The van der Waals surface area contributed by atoms with Gasteiger partial charge in [0.25, 0.3) is 5.56 Å². The summed E-state index contributed by atoms with van der Waals surface area (Å²) in [6.07, 6.45) is 6.09. The third-order valence-electron chi connectivity index (χ3n) is 2.56. The maximum absolute atomic E-state index is 10.2. The summed E-state index contributed by atoms with van der Waals surface area (Å²) in [5.41, 5.74) is 10.5. The molecule has 1 aromatic heterocycles. The zero-order valence-corrected chi connectivity index (χ0v) is 11.7. The van der Waals surface area contributed by atoms with Crippen molar-refractivity contribution in [2.45, 2.75) is 37.8 Å². The second kappa shape index (κ2) is 8.39. The Morgan fingerprint density at radius 1 is 1.12 bits per heavy atom. The molecule has 0 aromatic carbocycles. The summed E-state index contributed by atoms with van der Waals surface area (Å²) < 4.78 is 0. The van der Waals surface area contributed by atoms with Gasteiger partial charge in [-0.05, 0) is 12.8 Å². The first kappa shape index (κ1) is 16.3. The van der Waals surface area contributed by atoms with Crippen molar-refractivity contribution in [1.82, 2.24) is 9.97 Å². The molecular weight excluding hydrogens is 403 g/mol. The van der Waals surface area contributed by atoms with Crippen molar-refractivity contribution in [3.05, 3.63) is 33.1 Å². The van der Waals surface area contributed by atoms with Crippen molar-refractivity contribution < 1.29 is 21.1 Å². The summed E-state index contributed by atoms with van der Waals surface area (Å²) in [6, 6.07) is 1.80. The number of nitrogens with one attached hydrogen (secondary N) is 2. The molecule has 2 atom stereocenters. The van der Waals surface area contributed by atoms with Crippen LogP contribution in [0.2, 0.25) is 0 Å². The van der Waals surface area contributed by atoms with Gasteiger partial charge in [-0.3, -0.25) is 9.78 Å². The van der Waals surface area contributed by atoms with Crippen LogP contribution in [0.15, 0.2) is 21.9 Å². The van der Waals surface area contributed by atoms with Crippen LogP contribution in [0.25, 0.3) is 0 Å². The third-order valence-corrected chi connectivity index (χ3v) is 2.56. The largest absolute Gasteiger partial charge is 0.326 e. The van der Waals surface area contributed by atoms with Crippen LogP contribution in [0.5, 0.6) is 0 Å². The van der Waals surface area contributed by atoms with E-state index in [9.17, 15) is 9.59 Å². The molecule has 0 spiro atoms. The molecule has 1 aromatic rings. The molecule has 6 N–H and O–H groups in total. The Hall–Kier alpha value is -0.712. The number of nitrogens with two attached hydrogens (primary N) is 2. The molecule has 6 nitrogen and oxygen atoms in total. The molecule has 0 aliphatic heterocycles.